The van der Waals surface area contributed by atoms with Gasteiger partial charge in [-0.2, -0.15) is 0 Å². The van der Waals surface area contributed by atoms with E-state index in [9.17, 15) is 19.5 Å². The van der Waals surface area contributed by atoms with Crippen LogP contribution in [-0.4, -0.2) is 85.9 Å². The second-order valence-electron chi connectivity index (χ2n) is 11.0. The molecule has 1 unspecified atom stereocenters. The van der Waals surface area contributed by atoms with E-state index in [4.69, 9.17) is 21.1 Å². The van der Waals surface area contributed by atoms with Crippen LogP contribution in [0.3, 0.4) is 0 Å². The summed E-state index contributed by atoms with van der Waals surface area (Å²) in [4.78, 5) is 40.2. The molecule has 10 nitrogen and oxygen atoms in total. The summed E-state index contributed by atoms with van der Waals surface area (Å²) < 4.78 is 26.2. The van der Waals surface area contributed by atoms with Crippen molar-refractivity contribution in [3.8, 4) is 28.0 Å². The molecule has 2 saturated heterocycles. The quantitative estimate of drug-likeness (QED) is 0.323. The number of rotatable bonds is 8. The van der Waals surface area contributed by atoms with E-state index in [0.29, 0.717) is 50.9 Å². The zero-order valence-electron chi connectivity index (χ0n) is 24.8. The number of hydrogen-bond acceptors (Lipinski definition) is 7. The van der Waals surface area contributed by atoms with Gasteiger partial charge in [-0.05, 0) is 41.8 Å². The van der Waals surface area contributed by atoms with Gasteiger partial charge in [0.1, 0.15) is 17.5 Å². The Labute approximate surface area is 259 Å². The monoisotopic (exact) mass is 624 g/mol. The second-order valence-corrected chi connectivity index (χ2v) is 11.4. The highest BCUT2D eigenvalue weighted by Gasteiger charge is 2.39. The number of amides is 4. The molecule has 44 heavy (non-hydrogen) atoms. The number of benzene rings is 3. The number of hydrogen-bond donors (Lipinski definition) is 3. The first-order valence-electron chi connectivity index (χ1n) is 14.1. The maximum Gasteiger partial charge on any atom is 0.326 e. The molecule has 2 aliphatic heterocycles. The zero-order valence-corrected chi connectivity index (χ0v) is 25.6. The van der Waals surface area contributed by atoms with E-state index < -0.39 is 35.7 Å². The number of aliphatic hydroxyl groups excluding tert-OH is 1. The van der Waals surface area contributed by atoms with Crippen molar-refractivity contribution in [3.05, 3.63) is 70.5 Å². The van der Waals surface area contributed by atoms with Crippen LogP contribution < -0.4 is 15.4 Å². The van der Waals surface area contributed by atoms with E-state index in [-0.39, 0.29) is 25.7 Å². The first-order chi connectivity index (χ1) is 21.0. The molecule has 4 amide bonds. The molecule has 5 rings (SSSR count). The minimum atomic E-state index is -1.04. The van der Waals surface area contributed by atoms with Crippen LogP contribution >= 0.6 is 11.6 Å². The van der Waals surface area contributed by atoms with Crippen LogP contribution in [0.4, 0.5) is 14.9 Å². The lowest BCUT2D eigenvalue weighted by Crippen LogP contribution is -2.56. The van der Waals surface area contributed by atoms with Crippen molar-refractivity contribution in [1.29, 1.82) is 0 Å². The van der Waals surface area contributed by atoms with Crippen LogP contribution in [0.1, 0.15) is 11.1 Å². The van der Waals surface area contributed by atoms with E-state index in [1.54, 1.807) is 24.3 Å². The van der Waals surface area contributed by atoms with E-state index in [2.05, 4.69) is 10.6 Å². The summed E-state index contributed by atoms with van der Waals surface area (Å²) in [6.07, 6.45) is -0.663. The van der Waals surface area contributed by atoms with Gasteiger partial charge >= 0.3 is 6.03 Å². The van der Waals surface area contributed by atoms with Crippen molar-refractivity contribution >= 4 is 35.1 Å². The Balaban J connectivity index is 1.42. The van der Waals surface area contributed by atoms with Crippen LogP contribution in [-0.2, 0) is 20.9 Å². The third-order valence-corrected chi connectivity index (χ3v) is 8.58. The third kappa shape index (κ3) is 6.00. The largest absolute Gasteiger partial charge is 0.496 e. The molecule has 0 bridgehead atoms. The van der Waals surface area contributed by atoms with Crippen molar-refractivity contribution in [1.82, 2.24) is 15.1 Å². The highest BCUT2D eigenvalue weighted by molar-refractivity contribution is 6.36. The number of nitrogens with zero attached hydrogens (tertiary/aromatic N) is 2. The number of imide groups is 1. The maximum atomic E-state index is 15.5. The van der Waals surface area contributed by atoms with Gasteiger partial charge in [0.25, 0.3) is 0 Å². The van der Waals surface area contributed by atoms with E-state index >= 15 is 4.39 Å². The Kier molecular flexibility index (Phi) is 9.21. The highest BCUT2D eigenvalue weighted by Crippen LogP contribution is 2.41. The maximum absolute atomic E-state index is 15.5. The predicted octanol–water partition coefficient (Wildman–Crippen LogP) is 4.06. The smallest absolute Gasteiger partial charge is 0.326 e. The summed E-state index contributed by atoms with van der Waals surface area (Å²) in [5.41, 5.74) is 4.02. The molecule has 3 atom stereocenters. The van der Waals surface area contributed by atoms with E-state index in [1.807, 2.05) is 25.1 Å². The minimum Gasteiger partial charge on any atom is -0.496 e. The highest BCUT2D eigenvalue weighted by atomic mass is 35.5. The summed E-state index contributed by atoms with van der Waals surface area (Å²) in [5, 5.41) is 16.4. The van der Waals surface area contributed by atoms with Crippen molar-refractivity contribution in [2.75, 3.05) is 46.3 Å². The summed E-state index contributed by atoms with van der Waals surface area (Å²) in [6.45, 7) is 2.52. The number of anilines is 1. The second kappa shape index (κ2) is 12.9. The fourth-order valence-corrected chi connectivity index (χ4v) is 5.88. The molecule has 2 aliphatic rings. The molecule has 2 fully saturated rings. The molecular weight excluding hydrogens is 591 g/mol. The number of aliphatic hydroxyl groups is 1. The number of nitrogens with one attached hydrogen (secondary N) is 2. The van der Waals surface area contributed by atoms with Gasteiger partial charge in [-0.25, -0.2) is 9.18 Å². The van der Waals surface area contributed by atoms with Gasteiger partial charge in [0.15, 0.2) is 0 Å². The van der Waals surface area contributed by atoms with Crippen molar-refractivity contribution in [3.63, 3.8) is 0 Å². The molecule has 2 heterocycles. The molecule has 12 heteroatoms. The zero-order chi connectivity index (χ0) is 31.7. The Bertz CT molecular complexity index is 1620. The molecule has 3 aromatic rings. The standard InChI is InChI=1S/C32H34ClFN4O6/c1-17-19(7-6-10-25(17)36-30(40)23-14-37(2)32(42)38(3)31(23)41)21-9-5-8-20(29(21)33)18-11-24(34)22(28(12-18)43-4)13-35-26-15-44-16-27(26)39/h5-12,23,26-27,35,39H,13-16H2,1-4H3,(H,36,40)/t23?,26-,27+/m1/s1. The van der Waals surface area contributed by atoms with Gasteiger partial charge in [-0.15, -0.1) is 0 Å². The van der Waals surface area contributed by atoms with Gasteiger partial charge in [-0.3, -0.25) is 14.5 Å². The molecule has 0 aliphatic carbocycles. The molecule has 232 valence electrons. The molecule has 0 saturated carbocycles. The Morgan fingerprint density at radius 2 is 1.82 bits per heavy atom. The third-order valence-electron chi connectivity index (χ3n) is 8.17. The van der Waals surface area contributed by atoms with E-state index in [1.165, 1.54) is 32.2 Å². The van der Waals surface area contributed by atoms with Crippen LogP contribution in [0.15, 0.2) is 48.5 Å². The molecule has 3 aromatic carbocycles. The molecular formula is C32H34ClFN4O6. The van der Waals surface area contributed by atoms with Gasteiger partial charge in [0.2, 0.25) is 11.8 Å². The van der Waals surface area contributed by atoms with Gasteiger partial charge in [0, 0.05) is 49.6 Å². The lowest BCUT2D eigenvalue weighted by atomic mass is 9.94. The summed E-state index contributed by atoms with van der Waals surface area (Å²) >= 11 is 6.95. The molecule has 3 N–H and O–H groups in total. The van der Waals surface area contributed by atoms with Crippen molar-refractivity contribution in [2.45, 2.75) is 25.6 Å². The number of methoxy groups -OCH3 is 1. The van der Waals surface area contributed by atoms with Gasteiger partial charge in [-0.1, -0.05) is 41.9 Å². The fourth-order valence-electron chi connectivity index (χ4n) is 5.55. The summed E-state index contributed by atoms with van der Waals surface area (Å²) in [7, 11) is 4.35. The number of halogens is 2. The Morgan fingerprint density at radius 1 is 1.11 bits per heavy atom. The molecule has 0 radical (unpaired) electrons. The first-order valence-corrected chi connectivity index (χ1v) is 14.5. The average molecular weight is 625 g/mol. The van der Waals surface area contributed by atoms with Gasteiger partial charge in [0.05, 0.1) is 37.5 Å². The number of urea groups is 1. The average Bonchev–Trinajstić information content (AvgIpc) is 3.42. The van der Waals surface area contributed by atoms with Crippen LogP contribution in [0.25, 0.3) is 22.3 Å². The summed E-state index contributed by atoms with van der Waals surface area (Å²) in [6, 6.07) is 13.1. The van der Waals surface area contributed by atoms with Crippen LogP contribution in [0, 0.1) is 18.7 Å². The number of carbonyl (C=O) groups excluding carboxylic acids is 3. The predicted molar refractivity (Wildman–Crippen MR) is 164 cm³/mol. The normalized spacial score (nSPS) is 20.3. The fraction of sp³-hybridized carbons (Fsp3) is 0.344. The van der Waals surface area contributed by atoms with Crippen molar-refractivity contribution in [2.24, 2.45) is 5.92 Å². The number of ether oxygens (including phenoxy) is 2. The van der Waals surface area contributed by atoms with Gasteiger partial charge < -0.3 is 30.1 Å². The Hall–Kier alpha value is -4.03. The van der Waals surface area contributed by atoms with Crippen LogP contribution in [0.2, 0.25) is 5.02 Å². The Morgan fingerprint density at radius 3 is 2.52 bits per heavy atom. The minimum absolute atomic E-state index is 0.0216. The number of carbonyl (C=O) groups is 3. The van der Waals surface area contributed by atoms with Crippen molar-refractivity contribution < 1.29 is 33.4 Å². The molecule has 0 aromatic heterocycles. The topological polar surface area (TPSA) is 120 Å². The summed E-state index contributed by atoms with van der Waals surface area (Å²) in [5.74, 6) is -2.29. The van der Waals surface area contributed by atoms with Crippen LogP contribution in [0.5, 0.6) is 5.75 Å². The van der Waals surface area contributed by atoms with E-state index in [0.717, 1.165) is 10.5 Å². The first kappa shape index (κ1) is 31.4. The lowest BCUT2D eigenvalue weighted by Gasteiger charge is -2.33. The SMILES string of the molecule is COc1cc(-c2cccc(-c3cccc(NC(=O)C4CN(C)C(=O)N(C)C4=O)c3C)c2Cl)cc(F)c1CN[C@@H]1COC[C@@H]1O. The molecule has 0 spiro atoms. The lowest BCUT2D eigenvalue weighted by molar-refractivity contribution is -0.140.